The molecule has 4 nitrogen and oxygen atoms in total. The Bertz CT molecular complexity index is 788. The SMILES string of the molecule is CCc1cc2c(N(CC)CCc3ccncc3)nc(Cl)nc2s1. The molecule has 0 fully saturated rings. The fraction of sp³-hybridized carbons (Fsp3) is 0.353. The number of rotatable bonds is 6. The lowest BCUT2D eigenvalue weighted by molar-refractivity contribution is 0.796. The van der Waals surface area contributed by atoms with Gasteiger partial charge in [-0.25, -0.2) is 4.98 Å². The van der Waals surface area contributed by atoms with Gasteiger partial charge in [0.15, 0.2) is 0 Å². The highest BCUT2D eigenvalue weighted by Crippen LogP contribution is 2.32. The summed E-state index contributed by atoms with van der Waals surface area (Å²) in [6, 6.07) is 6.30. The summed E-state index contributed by atoms with van der Waals surface area (Å²) >= 11 is 7.84. The first-order valence-electron chi connectivity index (χ1n) is 7.81. The summed E-state index contributed by atoms with van der Waals surface area (Å²) in [7, 11) is 0. The van der Waals surface area contributed by atoms with Crippen LogP contribution < -0.4 is 4.90 Å². The van der Waals surface area contributed by atoms with E-state index in [0.29, 0.717) is 5.28 Å². The number of aromatic nitrogens is 3. The van der Waals surface area contributed by atoms with Gasteiger partial charge in [0, 0.05) is 30.4 Å². The van der Waals surface area contributed by atoms with E-state index in [9.17, 15) is 0 Å². The van der Waals surface area contributed by atoms with Crippen LogP contribution in [0.1, 0.15) is 24.3 Å². The lowest BCUT2D eigenvalue weighted by Crippen LogP contribution is -2.26. The minimum atomic E-state index is 0.319. The van der Waals surface area contributed by atoms with Crippen molar-refractivity contribution in [3.63, 3.8) is 0 Å². The second-order valence-corrected chi connectivity index (χ2v) is 6.74. The van der Waals surface area contributed by atoms with E-state index in [1.165, 1.54) is 10.4 Å². The molecule has 0 N–H and O–H groups in total. The van der Waals surface area contributed by atoms with Crippen LogP contribution in [-0.4, -0.2) is 28.0 Å². The van der Waals surface area contributed by atoms with Gasteiger partial charge in [0.25, 0.3) is 0 Å². The average molecular weight is 347 g/mol. The highest BCUT2D eigenvalue weighted by atomic mass is 35.5. The molecule has 23 heavy (non-hydrogen) atoms. The smallest absolute Gasteiger partial charge is 0.225 e. The first kappa shape index (κ1) is 16.1. The molecule has 120 valence electrons. The summed E-state index contributed by atoms with van der Waals surface area (Å²) in [5.74, 6) is 0.938. The van der Waals surface area contributed by atoms with E-state index in [1.807, 2.05) is 12.4 Å². The van der Waals surface area contributed by atoms with Gasteiger partial charge in [0.05, 0.1) is 5.39 Å². The molecular formula is C17H19ClN4S. The van der Waals surface area contributed by atoms with Gasteiger partial charge in [-0.05, 0) is 55.1 Å². The summed E-state index contributed by atoms with van der Waals surface area (Å²) in [6.45, 7) is 6.06. The molecule has 0 aliphatic heterocycles. The van der Waals surface area contributed by atoms with Gasteiger partial charge in [0.2, 0.25) is 5.28 Å². The molecule has 0 bridgehead atoms. The van der Waals surface area contributed by atoms with Gasteiger partial charge >= 0.3 is 0 Å². The van der Waals surface area contributed by atoms with Gasteiger partial charge in [-0.15, -0.1) is 11.3 Å². The maximum Gasteiger partial charge on any atom is 0.225 e. The van der Waals surface area contributed by atoms with Crippen molar-refractivity contribution in [3.05, 3.63) is 46.3 Å². The molecule has 3 rings (SSSR count). The van der Waals surface area contributed by atoms with E-state index in [0.717, 1.165) is 42.0 Å². The molecule has 0 saturated carbocycles. The molecule has 3 aromatic rings. The second-order valence-electron chi connectivity index (χ2n) is 5.29. The number of thiophene rings is 1. The van der Waals surface area contributed by atoms with Crippen LogP contribution >= 0.6 is 22.9 Å². The van der Waals surface area contributed by atoms with E-state index in [4.69, 9.17) is 11.6 Å². The minimum absolute atomic E-state index is 0.319. The van der Waals surface area contributed by atoms with Crippen molar-refractivity contribution in [3.8, 4) is 0 Å². The van der Waals surface area contributed by atoms with Crippen molar-refractivity contribution in [2.75, 3.05) is 18.0 Å². The zero-order valence-electron chi connectivity index (χ0n) is 13.3. The summed E-state index contributed by atoms with van der Waals surface area (Å²) in [6.07, 6.45) is 5.61. The van der Waals surface area contributed by atoms with E-state index in [2.05, 4.69) is 51.9 Å². The summed E-state index contributed by atoms with van der Waals surface area (Å²) in [5.41, 5.74) is 1.27. The van der Waals surface area contributed by atoms with E-state index in [1.54, 1.807) is 11.3 Å². The first-order chi connectivity index (χ1) is 11.2. The first-order valence-corrected chi connectivity index (χ1v) is 9.00. The topological polar surface area (TPSA) is 41.9 Å². The zero-order valence-corrected chi connectivity index (χ0v) is 14.9. The Hall–Kier alpha value is -1.72. The number of hydrogen-bond donors (Lipinski definition) is 0. The monoisotopic (exact) mass is 346 g/mol. The van der Waals surface area contributed by atoms with Crippen molar-refractivity contribution in [1.29, 1.82) is 0 Å². The summed E-state index contributed by atoms with van der Waals surface area (Å²) < 4.78 is 0. The molecule has 3 heterocycles. The van der Waals surface area contributed by atoms with Crippen molar-refractivity contribution >= 4 is 39.0 Å². The maximum atomic E-state index is 6.14. The largest absolute Gasteiger partial charge is 0.356 e. The minimum Gasteiger partial charge on any atom is -0.356 e. The average Bonchev–Trinajstić information content (AvgIpc) is 2.99. The number of hydrogen-bond acceptors (Lipinski definition) is 5. The third-order valence-electron chi connectivity index (χ3n) is 3.85. The molecule has 0 aliphatic rings. The van der Waals surface area contributed by atoms with Gasteiger partial charge < -0.3 is 4.90 Å². The predicted octanol–water partition coefficient (Wildman–Crippen LogP) is 4.37. The maximum absolute atomic E-state index is 6.14. The summed E-state index contributed by atoms with van der Waals surface area (Å²) in [4.78, 5) is 17.5. The highest BCUT2D eigenvalue weighted by Gasteiger charge is 2.15. The van der Waals surface area contributed by atoms with Crippen LogP contribution in [0.2, 0.25) is 5.28 Å². The van der Waals surface area contributed by atoms with Crippen molar-refractivity contribution in [2.45, 2.75) is 26.7 Å². The number of aryl methyl sites for hydroxylation is 1. The van der Waals surface area contributed by atoms with Crippen LogP contribution in [0.5, 0.6) is 0 Å². The molecule has 0 aromatic carbocycles. The van der Waals surface area contributed by atoms with Gasteiger partial charge in [-0.3, -0.25) is 4.98 Å². The molecule has 0 atom stereocenters. The Kier molecular flexibility index (Phi) is 5.08. The highest BCUT2D eigenvalue weighted by molar-refractivity contribution is 7.18. The predicted molar refractivity (Wildman–Crippen MR) is 97.6 cm³/mol. The Balaban J connectivity index is 1.91. The molecule has 0 saturated heterocycles. The number of fused-ring (bicyclic) bond motifs is 1. The Labute approximate surface area is 145 Å². The van der Waals surface area contributed by atoms with Crippen LogP contribution in [0.25, 0.3) is 10.2 Å². The van der Waals surface area contributed by atoms with Gasteiger partial charge in [-0.2, -0.15) is 4.98 Å². The van der Waals surface area contributed by atoms with Crippen molar-refractivity contribution < 1.29 is 0 Å². The normalized spacial score (nSPS) is 11.1. The third kappa shape index (κ3) is 3.62. The molecule has 3 aromatic heterocycles. The molecule has 0 aliphatic carbocycles. The second kappa shape index (κ2) is 7.23. The van der Waals surface area contributed by atoms with Crippen molar-refractivity contribution in [2.24, 2.45) is 0 Å². The number of anilines is 1. The Morgan fingerprint density at radius 2 is 1.96 bits per heavy atom. The lowest BCUT2D eigenvalue weighted by atomic mass is 10.2. The third-order valence-corrected chi connectivity index (χ3v) is 5.19. The molecule has 0 radical (unpaired) electrons. The molecule has 6 heteroatoms. The Morgan fingerprint density at radius 3 is 2.65 bits per heavy atom. The van der Waals surface area contributed by atoms with Crippen molar-refractivity contribution in [1.82, 2.24) is 15.0 Å². The number of nitrogens with zero attached hydrogens (tertiary/aromatic N) is 4. The lowest BCUT2D eigenvalue weighted by Gasteiger charge is -2.22. The molecule has 0 unspecified atom stereocenters. The van der Waals surface area contributed by atoms with Gasteiger partial charge in [0.1, 0.15) is 10.6 Å². The van der Waals surface area contributed by atoms with Gasteiger partial charge in [-0.1, -0.05) is 6.92 Å². The van der Waals surface area contributed by atoms with Crippen LogP contribution in [0.4, 0.5) is 5.82 Å². The van der Waals surface area contributed by atoms with Crippen LogP contribution in [0.3, 0.4) is 0 Å². The molecule has 0 spiro atoms. The van der Waals surface area contributed by atoms with E-state index in [-0.39, 0.29) is 0 Å². The number of halogens is 1. The molecule has 0 amide bonds. The number of pyridine rings is 1. The van der Waals surface area contributed by atoms with Crippen LogP contribution in [0.15, 0.2) is 30.6 Å². The van der Waals surface area contributed by atoms with Crippen LogP contribution in [0, 0.1) is 0 Å². The Morgan fingerprint density at radius 1 is 1.17 bits per heavy atom. The zero-order chi connectivity index (χ0) is 16.2. The fourth-order valence-electron chi connectivity index (χ4n) is 2.57. The van der Waals surface area contributed by atoms with E-state index >= 15 is 0 Å². The standard InChI is InChI=1S/C17H19ClN4S/c1-3-13-11-14-15(20-17(18)21-16(14)23-13)22(4-2)10-7-12-5-8-19-9-6-12/h5-6,8-9,11H,3-4,7,10H2,1-2H3. The fourth-order valence-corrected chi connectivity index (χ4v) is 3.75. The number of likely N-dealkylation sites (N-methyl/N-ethyl adjacent to an activating group) is 1. The van der Waals surface area contributed by atoms with Crippen LogP contribution in [-0.2, 0) is 12.8 Å². The quantitative estimate of drug-likeness (QED) is 0.621. The van der Waals surface area contributed by atoms with E-state index < -0.39 is 0 Å². The molecular weight excluding hydrogens is 328 g/mol. The summed E-state index contributed by atoms with van der Waals surface area (Å²) in [5, 5.41) is 1.42.